The standard InChI is InChI=1S/3C18H34O3.C3H8O.Ti/c3*1-2-3-4-5-7-10-13-16-17(21-16)14-11-8-6-9-12-15-18(19)20;1-3(2)4;/h3*16-17H,2-15H2,1H3,(H,19,20);3-4H,1-2H3;. The van der Waals surface area contributed by atoms with E-state index in [9.17, 15) is 14.4 Å². The number of carboxylic acid groups (broad SMARTS) is 3. The van der Waals surface area contributed by atoms with Crippen molar-refractivity contribution in [3.63, 3.8) is 0 Å². The Morgan fingerprint density at radius 1 is 0.324 bits per heavy atom. The Hall–Kier alpha value is -1.04. The van der Waals surface area contributed by atoms with Gasteiger partial charge in [0.15, 0.2) is 0 Å². The summed E-state index contributed by atoms with van der Waals surface area (Å²) in [5, 5.41) is 33.7. The maximum atomic E-state index is 10.4. The average molecular weight is 1000 g/mol. The molecule has 3 rings (SSSR count). The molecular weight excluding hydrogens is 892 g/mol. The number of rotatable bonds is 45. The summed E-state index contributed by atoms with van der Waals surface area (Å²) in [7, 11) is 0. The molecule has 0 amide bonds. The van der Waals surface area contributed by atoms with Crippen molar-refractivity contribution in [1.29, 1.82) is 0 Å². The van der Waals surface area contributed by atoms with E-state index in [1.54, 1.807) is 13.8 Å². The molecule has 0 aromatic rings. The zero-order chi connectivity index (χ0) is 49.6. The van der Waals surface area contributed by atoms with Gasteiger partial charge in [0.1, 0.15) is 0 Å². The number of unbranched alkanes of at least 4 members (excludes halogenated alkanes) is 27. The zero-order valence-electron chi connectivity index (χ0n) is 45.0. The Kier molecular flexibility index (Phi) is 51.7. The van der Waals surface area contributed by atoms with Gasteiger partial charge in [-0.15, -0.1) is 0 Å². The molecule has 3 saturated heterocycles. The second-order valence-corrected chi connectivity index (χ2v) is 20.5. The van der Waals surface area contributed by atoms with E-state index in [4.69, 9.17) is 34.6 Å². The number of carbonyl (C=O) groups is 3. The summed E-state index contributed by atoms with van der Waals surface area (Å²) in [6.45, 7) is 10.2. The minimum atomic E-state index is -0.668. The first-order valence-corrected chi connectivity index (χ1v) is 28.7. The van der Waals surface area contributed by atoms with Crippen molar-refractivity contribution in [1.82, 2.24) is 0 Å². The van der Waals surface area contributed by atoms with Gasteiger partial charge < -0.3 is 34.6 Å². The van der Waals surface area contributed by atoms with E-state index < -0.39 is 17.9 Å². The molecule has 6 atom stereocenters. The maximum Gasteiger partial charge on any atom is 0.303 e. The maximum absolute atomic E-state index is 10.4. The number of ether oxygens (including phenoxy) is 3. The molecule has 10 nitrogen and oxygen atoms in total. The SMILES string of the molecule is CC(C)O.CCCCCCCCC1OC1CCCCCCCC(=O)O.CCCCCCCCC1OC1CCCCCCCC(=O)O.CCCCCCCCC1OC1CCCCCCCC(=O)O.[Ti]. The van der Waals surface area contributed by atoms with E-state index in [1.807, 2.05) is 0 Å². The van der Waals surface area contributed by atoms with E-state index in [-0.39, 0.29) is 27.8 Å². The molecule has 0 saturated carbocycles. The van der Waals surface area contributed by atoms with Crippen LogP contribution in [-0.2, 0) is 50.3 Å². The van der Waals surface area contributed by atoms with Crippen LogP contribution in [-0.4, -0.2) is 81.1 Å². The van der Waals surface area contributed by atoms with Crippen LogP contribution in [0.3, 0.4) is 0 Å². The molecule has 3 fully saturated rings. The molecule has 3 aliphatic rings. The molecule has 0 radical (unpaired) electrons. The number of aliphatic carboxylic acids is 3. The Labute approximate surface area is 433 Å². The van der Waals surface area contributed by atoms with Crippen molar-refractivity contribution in [3.8, 4) is 0 Å². The molecule has 4 N–H and O–H groups in total. The van der Waals surface area contributed by atoms with Crippen LogP contribution in [0.1, 0.15) is 304 Å². The summed E-state index contributed by atoms with van der Waals surface area (Å²) >= 11 is 0. The third-order valence-corrected chi connectivity index (χ3v) is 13.2. The fourth-order valence-corrected chi connectivity index (χ4v) is 8.89. The smallest absolute Gasteiger partial charge is 0.303 e. The van der Waals surface area contributed by atoms with Gasteiger partial charge in [-0.3, -0.25) is 14.4 Å². The zero-order valence-corrected chi connectivity index (χ0v) is 46.5. The molecule has 0 aliphatic carbocycles. The molecule has 0 aromatic carbocycles. The quantitative estimate of drug-likeness (QED) is 0.0262. The molecule has 6 unspecified atom stereocenters. The first-order chi connectivity index (χ1) is 32.4. The first-order valence-electron chi connectivity index (χ1n) is 28.7. The van der Waals surface area contributed by atoms with Crippen molar-refractivity contribution < 1.29 is 70.7 Å². The van der Waals surface area contributed by atoms with Crippen LogP contribution in [0.25, 0.3) is 0 Å². The summed E-state index contributed by atoms with van der Waals surface area (Å²) < 4.78 is 17.2. The van der Waals surface area contributed by atoms with Crippen molar-refractivity contribution in [2.24, 2.45) is 0 Å². The fraction of sp³-hybridized carbons (Fsp3) is 0.947. The van der Waals surface area contributed by atoms with Crippen molar-refractivity contribution in [2.45, 2.75) is 347 Å². The Morgan fingerprint density at radius 3 is 0.632 bits per heavy atom. The average Bonchev–Trinajstić information content (AvgIpc) is 4.22. The molecule has 68 heavy (non-hydrogen) atoms. The van der Waals surface area contributed by atoms with E-state index in [0.717, 1.165) is 38.5 Å². The van der Waals surface area contributed by atoms with Crippen LogP contribution in [0.4, 0.5) is 0 Å². The van der Waals surface area contributed by atoms with Crippen LogP contribution >= 0.6 is 0 Å². The first kappa shape index (κ1) is 69.0. The third-order valence-electron chi connectivity index (χ3n) is 13.2. The van der Waals surface area contributed by atoms with Gasteiger partial charge in [-0.25, -0.2) is 0 Å². The van der Waals surface area contributed by atoms with Gasteiger partial charge in [-0.2, -0.15) is 0 Å². The van der Waals surface area contributed by atoms with Crippen LogP contribution in [0.15, 0.2) is 0 Å². The van der Waals surface area contributed by atoms with Gasteiger partial charge in [0, 0.05) is 47.1 Å². The Morgan fingerprint density at radius 2 is 0.471 bits per heavy atom. The van der Waals surface area contributed by atoms with E-state index >= 15 is 0 Å². The summed E-state index contributed by atoms with van der Waals surface area (Å²) in [4.78, 5) is 31.1. The van der Waals surface area contributed by atoms with Crippen LogP contribution in [0, 0.1) is 0 Å². The molecule has 11 heteroatoms. The van der Waals surface area contributed by atoms with Gasteiger partial charge in [0.25, 0.3) is 0 Å². The van der Waals surface area contributed by atoms with Gasteiger partial charge in [0.2, 0.25) is 0 Å². The number of epoxide rings is 3. The normalized spacial score (nSPS) is 19.6. The summed E-state index contributed by atoms with van der Waals surface area (Å²) in [5.74, 6) is -2.00. The van der Waals surface area contributed by atoms with Crippen LogP contribution in [0.5, 0.6) is 0 Å². The molecule has 0 aromatic heterocycles. The molecular formula is C57H110O10Ti. The van der Waals surface area contributed by atoms with Gasteiger partial charge >= 0.3 is 17.9 Å². The number of hydrogen-bond donors (Lipinski definition) is 4. The predicted octanol–water partition coefficient (Wildman–Crippen LogP) is 16.3. The molecule has 402 valence electrons. The third kappa shape index (κ3) is 52.8. The fourth-order valence-electron chi connectivity index (χ4n) is 8.89. The molecule has 3 heterocycles. The van der Waals surface area contributed by atoms with Crippen molar-refractivity contribution >= 4 is 17.9 Å². The summed E-state index contributed by atoms with van der Waals surface area (Å²) in [6.07, 6.45) is 52.7. The molecule has 3 aliphatic heterocycles. The van der Waals surface area contributed by atoms with E-state index in [0.29, 0.717) is 55.9 Å². The number of carboxylic acids is 3. The number of aliphatic hydroxyl groups is 1. The Balaban J connectivity index is 0. The minimum Gasteiger partial charge on any atom is -0.481 e. The van der Waals surface area contributed by atoms with E-state index in [2.05, 4.69) is 20.8 Å². The van der Waals surface area contributed by atoms with Crippen molar-refractivity contribution in [3.05, 3.63) is 0 Å². The summed E-state index contributed by atoms with van der Waals surface area (Å²) in [6, 6.07) is 0. The predicted molar refractivity (Wildman–Crippen MR) is 277 cm³/mol. The monoisotopic (exact) mass is 1000 g/mol. The molecule has 0 spiro atoms. The summed E-state index contributed by atoms with van der Waals surface area (Å²) in [5.41, 5.74) is 0. The van der Waals surface area contributed by atoms with Gasteiger partial charge in [-0.1, -0.05) is 213 Å². The minimum absolute atomic E-state index is 0. The number of hydrogen-bond acceptors (Lipinski definition) is 7. The second-order valence-electron chi connectivity index (χ2n) is 20.5. The Bertz CT molecular complexity index is 977. The topological polar surface area (TPSA) is 170 Å². The number of aliphatic hydroxyl groups excluding tert-OH is 1. The van der Waals surface area contributed by atoms with Gasteiger partial charge in [-0.05, 0) is 71.6 Å². The van der Waals surface area contributed by atoms with Crippen molar-refractivity contribution in [2.75, 3.05) is 0 Å². The molecule has 0 bridgehead atoms. The largest absolute Gasteiger partial charge is 0.481 e. The van der Waals surface area contributed by atoms with Gasteiger partial charge in [0.05, 0.1) is 36.6 Å². The second kappa shape index (κ2) is 50.9. The van der Waals surface area contributed by atoms with Crippen LogP contribution in [0.2, 0.25) is 0 Å². The van der Waals surface area contributed by atoms with E-state index in [1.165, 1.54) is 212 Å². The van der Waals surface area contributed by atoms with Crippen LogP contribution < -0.4 is 0 Å².